The van der Waals surface area contributed by atoms with Crippen molar-refractivity contribution in [2.45, 2.75) is 26.7 Å². The highest BCUT2D eigenvalue weighted by molar-refractivity contribution is 5.94. The zero-order chi connectivity index (χ0) is 13.7. The second-order valence-electron chi connectivity index (χ2n) is 4.63. The highest BCUT2D eigenvalue weighted by Gasteiger charge is 2.15. The Kier molecular flexibility index (Phi) is 4.50. The normalized spacial score (nSPS) is 10.6. The molecule has 0 N–H and O–H groups in total. The van der Waals surface area contributed by atoms with Crippen LogP contribution in [0.5, 0.6) is 0 Å². The van der Waals surface area contributed by atoms with Gasteiger partial charge in [-0.2, -0.15) is 0 Å². The second kappa shape index (κ2) is 6.32. The lowest BCUT2D eigenvalue weighted by molar-refractivity contribution is 0.0757. The van der Waals surface area contributed by atoms with Gasteiger partial charge in [-0.25, -0.2) is 4.98 Å². The summed E-state index contributed by atoms with van der Waals surface area (Å²) < 4.78 is 0. The van der Waals surface area contributed by atoms with Crippen LogP contribution in [-0.2, 0) is 0 Å². The molecule has 1 amide bonds. The number of fused-ring (bicyclic) bond motifs is 1. The number of unbranched alkanes of at least 4 members (excludes halogenated alkanes) is 1. The van der Waals surface area contributed by atoms with Crippen LogP contribution in [0.1, 0.15) is 37.2 Å². The number of nitrogens with zero attached hydrogens (tertiary/aromatic N) is 2. The smallest absolute Gasteiger partial charge is 0.272 e. The van der Waals surface area contributed by atoms with Crippen LogP contribution in [0.15, 0.2) is 36.4 Å². The summed E-state index contributed by atoms with van der Waals surface area (Å²) in [5.74, 6) is 0.0294. The van der Waals surface area contributed by atoms with E-state index >= 15 is 0 Å². The number of amides is 1. The molecule has 0 bridgehead atoms. The first kappa shape index (κ1) is 13.5. The Labute approximate surface area is 114 Å². The van der Waals surface area contributed by atoms with Crippen LogP contribution >= 0.6 is 0 Å². The van der Waals surface area contributed by atoms with E-state index < -0.39 is 0 Å². The van der Waals surface area contributed by atoms with Gasteiger partial charge in [0.1, 0.15) is 5.69 Å². The minimum absolute atomic E-state index is 0.0294. The average Bonchev–Trinajstić information content (AvgIpc) is 2.47. The van der Waals surface area contributed by atoms with Crippen molar-refractivity contribution in [2.24, 2.45) is 0 Å². The number of hydrogen-bond acceptors (Lipinski definition) is 2. The van der Waals surface area contributed by atoms with Gasteiger partial charge < -0.3 is 4.90 Å². The third kappa shape index (κ3) is 3.11. The predicted molar refractivity (Wildman–Crippen MR) is 78.2 cm³/mol. The van der Waals surface area contributed by atoms with Crippen molar-refractivity contribution in [3.63, 3.8) is 0 Å². The molecule has 100 valence electrons. The van der Waals surface area contributed by atoms with E-state index in [1.165, 1.54) is 0 Å². The molecule has 0 aliphatic carbocycles. The van der Waals surface area contributed by atoms with Crippen molar-refractivity contribution >= 4 is 16.8 Å². The zero-order valence-corrected chi connectivity index (χ0v) is 11.6. The molecule has 0 aliphatic rings. The van der Waals surface area contributed by atoms with Crippen molar-refractivity contribution < 1.29 is 4.79 Å². The van der Waals surface area contributed by atoms with E-state index in [0.29, 0.717) is 5.69 Å². The monoisotopic (exact) mass is 256 g/mol. The molecular formula is C16H20N2O. The molecule has 0 aliphatic heterocycles. The fourth-order valence-electron chi connectivity index (χ4n) is 2.10. The quantitative estimate of drug-likeness (QED) is 0.820. The first-order valence-electron chi connectivity index (χ1n) is 6.91. The molecule has 3 heteroatoms. The van der Waals surface area contributed by atoms with Gasteiger partial charge in [-0.15, -0.1) is 0 Å². The van der Waals surface area contributed by atoms with Crippen LogP contribution < -0.4 is 0 Å². The van der Waals surface area contributed by atoms with Gasteiger partial charge in [0.2, 0.25) is 0 Å². The maximum atomic E-state index is 12.4. The Balaban J connectivity index is 2.24. The summed E-state index contributed by atoms with van der Waals surface area (Å²) in [6.45, 7) is 5.68. The van der Waals surface area contributed by atoms with Crippen LogP contribution in [0, 0.1) is 0 Å². The zero-order valence-electron chi connectivity index (χ0n) is 11.6. The van der Waals surface area contributed by atoms with Crippen LogP contribution in [0.25, 0.3) is 10.9 Å². The SMILES string of the molecule is CCCCN(CC)C(=O)c1ccc2ccccc2n1. The first-order valence-corrected chi connectivity index (χ1v) is 6.91. The van der Waals surface area contributed by atoms with Crippen molar-refractivity contribution in [3.8, 4) is 0 Å². The lowest BCUT2D eigenvalue weighted by Crippen LogP contribution is -2.32. The second-order valence-corrected chi connectivity index (χ2v) is 4.63. The van der Waals surface area contributed by atoms with Crippen molar-refractivity contribution in [1.82, 2.24) is 9.88 Å². The summed E-state index contributed by atoms with van der Waals surface area (Å²) in [6.07, 6.45) is 2.13. The third-order valence-electron chi connectivity index (χ3n) is 3.27. The fraction of sp³-hybridized carbons (Fsp3) is 0.375. The Morgan fingerprint density at radius 3 is 2.68 bits per heavy atom. The lowest BCUT2D eigenvalue weighted by Gasteiger charge is -2.20. The number of carbonyl (C=O) groups is 1. The summed E-state index contributed by atoms with van der Waals surface area (Å²) in [5.41, 5.74) is 1.41. The summed E-state index contributed by atoms with van der Waals surface area (Å²) >= 11 is 0. The van der Waals surface area contributed by atoms with E-state index in [0.717, 1.165) is 36.8 Å². The van der Waals surface area contributed by atoms with Gasteiger partial charge in [-0.3, -0.25) is 4.79 Å². The molecule has 1 aromatic heterocycles. The van der Waals surface area contributed by atoms with Crippen molar-refractivity contribution in [2.75, 3.05) is 13.1 Å². The number of pyridine rings is 1. The van der Waals surface area contributed by atoms with E-state index in [4.69, 9.17) is 0 Å². The molecule has 3 nitrogen and oxygen atoms in total. The van der Waals surface area contributed by atoms with Crippen LogP contribution in [-0.4, -0.2) is 28.9 Å². The number of aromatic nitrogens is 1. The topological polar surface area (TPSA) is 33.2 Å². The Morgan fingerprint density at radius 2 is 1.95 bits per heavy atom. The summed E-state index contributed by atoms with van der Waals surface area (Å²) in [6, 6.07) is 11.6. The summed E-state index contributed by atoms with van der Waals surface area (Å²) in [7, 11) is 0. The van der Waals surface area contributed by atoms with Crippen LogP contribution in [0.3, 0.4) is 0 Å². The van der Waals surface area contributed by atoms with E-state index in [-0.39, 0.29) is 5.91 Å². The summed E-state index contributed by atoms with van der Waals surface area (Å²) in [4.78, 5) is 18.7. The largest absolute Gasteiger partial charge is 0.338 e. The number of carbonyl (C=O) groups excluding carboxylic acids is 1. The minimum Gasteiger partial charge on any atom is -0.338 e. The third-order valence-corrected chi connectivity index (χ3v) is 3.27. The number of para-hydroxylation sites is 1. The average molecular weight is 256 g/mol. The molecule has 0 saturated carbocycles. The van der Waals surface area contributed by atoms with E-state index in [2.05, 4.69) is 11.9 Å². The number of rotatable bonds is 5. The molecule has 0 saturated heterocycles. The fourth-order valence-corrected chi connectivity index (χ4v) is 2.10. The van der Waals surface area contributed by atoms with E-state index in [1.807, 2.05) is 48.2 Å². The standard InChI is InChI=1S/C16H20N2O/c1-3-5-12-18(4-2)16(19)15-11-10-13-8-6-7-9-14(13)17-15/h6-11H,3-5,12H2,1-2H3. The van der Waals surface area contributed by atoms with Crippen molar-refractivity contribution in [3.05, 3.63) is 42.1 Å². The van der Waals surface area contributed by atoms with Gasteiger partial charge in [0.05, 0.1) is 5.52 Å². The van der Waals surface area contributed by atoms with E-state index in [1.54, 1.807) is 0 Å². The maximum absolute atomic E-state index is 12.4. The molecule has 1 heterocycles. The minimum atomic E-state index is 0.0294. The Morgan fingerprint density at radius 1 is 1.16 bits per heavy atom. The molecule has 0 atom stereocenters. The maximum Gasteiger partial charge on any atom is 0.272 e. The lowest BCUT2D eigenvalue weighted by atomic mass is 10.2. The van der Waals surface area contributed by atoms with Gasteiger partial charge in [0, 0.05) is 18.5 Å². The highest BCUT2D eigenvalue weighted by atomic mass is 16.2. The first-order chi connectivity index (χ1) is 9.26. The molecule has 0 radical (unpaired) electrons. The van der Waals surface area contributed by atoms with Crippen LogP contribution in [0.4, 0.5) is 0 Å². The summed E-state index contributed by atoms with van der Waals surface area (Å²) in [5, 5.41) is 1.07. The molecule has 0 unspecified atom stereocenters. The van der Waals surface area contributed by atoms with Crippen molar-refractivity contribution in [1.29, 1.82) is 0 Å². The molecule has 2 rings (SSSR count). The van der Waals surface area contributed by atoms with Gasteiger partial charge in [-0.05, 0) is 25.5 Å². The predicted octanol–water partition coefficient (Wildman–Crippen LogP) is 3.50. The Bertz CT molecular complexity index is 565. The van der Waals surface area contributed by atoms with Gasteiger partial charge in [-0.1, -0.05) is 37.6 Å². The molecule has 0 spiro atoms. The number of hydrogen-bond donors (Lipinski definition) is 0. The van der Waals surface area contributed by atoms with E-state index in [9.17, 15) is 4.79 Å². The number of benzene rings is 1. The van der Waals surface area contributed by atoms with Gasteiger partial charge >= 0.3 is 0 Å². The Hall–Kier alpha value is -1.90. The molecule has 2 aromatic rings. The molecule has 1 aromatic carbocycles. The van der Waals surface area contributed by atoms with Gasteiger partial charge in [0.15, 0.2) is 0 Å². The van der Waals surface area contributed by atoms with Gasteiger partial charge in [0.25, 0.3) is 5.91 Å². The molecule has 19 heavy (non-hydrogen) atoms. The molecule has 0 fully saturated rings. The highest BCUT2D eigenvalue weighted by Crippen LogP contribution is 2.13. The van der Waals surface area contributed by atoms with Crippen LogP contribution in [0.2, 0.25) is 0 Å². The molecular weight excluding hydrogens is 236 g/mol.